The van der Waals surface area contributed by atoms with E-state index < -0.39 is 0 Å². The Kier molecular flexibility index (Phi) is 5.51. The highest BCUT2D eigenvalue weighted by Gasteiger charge is 2.12. The van der Waals surface area contributed by atoms with Crippen LogP contribution in [0.5, 0.6) is 0 Å². The Bertz CT molecular complexity index is 591. The lowest BCUT2D eigenvalue weighted by molar-refractivity contribution is -0.129. The minimum Gasteiger partial charge on any atom is -0.360 e. The second kappa shape index (κ2) is 7.59. The lowest BCUT2D eigenvalue weighted by Gasteiger charge is -2.21. The van der Waals surface area contributed by atoms with E-state index in [1.54, 1.807) is 4.90 Å². The molecule has 0 aliphatic heterocycles. The van der Waals surface area contributed by atoms with Crippen LogP contribution in [0.3, 0.4) is 0 Å². The number of carbonyl (C=O) groups is 1. The number of hydrogen-bond donors (Lipinski definition) is 1. The summed E-state index contributed by atoms with van der Waals surface area (Å²) in [6.07, 6.45) is 2.88. The first-order valence-electron chi connectivity index (χ1n) is 6.71. The summed E-state index contributed by atoms with van der Waals surface area (Å²) in [5.74, 6) is 0.465. The molecule has 2 rings (SSSR count). The average Bonchev–Trinajstić information content (AvgIpc) is 2.52. The van der Waals surface area contributed by atoms with Crippen LogP contribution in [0.25, 0.3) is 0 Å². The van der Waals surface area contributed by atoms with Crippen molar-refractivity contribution >= 4 is 23.3 Å². The normalized spacial score (nSPS) is 10.2. The number of carbonyl (C=O) groups excluding carboxylic acids is 1. The Balaban J connectivity index is 1.93. The van der Waals surface area contributed by atoms with Crippen LogP contribution >= 0.6 is 11.6 Å². The van der Waals surface area contributed by atoms with Crippen molar-refractivity contribution in [1.82, 2.24) is 14.9 Å². The van der Waals surface area contributed by atoms with E-state index in [0.717, 1.165) is 5.56 Å². The standard InChI is InChI=1S/C15H17ClN4O/c1-2-20(10-12-6-4-3-5-7-12)14(21)9-18-15-13(16)8-17-11-19-15/h3-8,11H,2,9-10H2,1H3,(H,17,18,19). The summed E-state index contributed by atoms with van der Waals surface area (Å²) in [6, 6.07) is 9.90. The van der Waals surface area contributed by atoms with Gasteiger partial charge in [0.15, 0.2) is 0 Å². The van der Waals surface area contributed by atoms with E-state index in [2.05, 4.69) is 15.3 Å². The zero-order valence-corrected chi connectivity index (χ0v) is 12.5. The smallest absolute Gasteiger partial charge is 0.242 e. The summed E-state index contributed by atoms with van der Waals surface area (Å²) in [4.78, 5) is 21.8. The Hall–Kier alpha value is -2.14. The molecular weight excluding hydrogens is 288 g/mol. The van der Waals surface area contributed by atoms with Crippen LogP contribution in [-0.2, 0) is 11.3 Å². The van der Waals surface area contributed by atoms with Gasteiger partial charge in [-0.1, -0.05) is 41.9 Å². The molecule has 0 radical (unpaired) electrons. The van der Waals surface area contributed by atoms with Gasteiger partial charge in [0.2, 0.25) is 5.91 Å². The van der Waals surface area contributed by atoms with Crippen LogP contribution in [0.15, 0.2) is 42.9 Å². The Morgan fingerprint density at radius 2 is 2.10 bits per heavy atom. The first kappa shape index (κ1) is 15.3. The Labute approximate surface area is 129 Å². The maximum atomic E-state index is 12.2. The number of hydrogen-bond acceptors (Lipinski definition) is 4. The van der Waals surface area contributed by atoms with E-state index in [1.807, 2.05) is 37.3 Å². The molecule has 0 aliphatic carbocycles. The van der Waals surface area contributed by atoms with Crippen molar-refractivity contribution in [2.24, 2.45) is 0 Å². The number of anilines is 1. The third-order valence-electron chi connectivity index (χ3n) is 3.03. The summed E-state index contributed by atoms with van der Waals surface area (Å²) in [7, 11) is 0. The van der Waals surface area contributed by atoms with Crippen LogP contribution in [0.1, 0.15) is 12.5 Å². The monoisotopic (exact) mass is 304 g/mol. The molecule has 21 heavy (non-hydrogen) atoms. The van der Waals surface area contributed by atoms with Gasteiger partial charge in [-0.15, -0.1) is 0 Å². The van der Waals surface area contributed by atoms with Gasteiger partial charge in [0.05, 0.1) is 12.7 Å². The minimum atomic E-state index is -0.00367. The Morgan fingerprint density at radius 3 is 2.76 bits per heavy atom. The molecule has 0 unspecified atom stereocenters. The summed E-state index contributed by atoms with van der Waals surface area (Å²) in [6.45, 7) is 3.35. The molecule has 0 fully saturated rings. The van der Waals surface area contributed by atoms with Crippen molar-refractivity contribution in [3.63, 3.8) is 0 Å². The van der Waals surface area contributed by atoms with E-state index in [1.165, 1.54) is 12.5 Å². The maximum absolute atomic E-state index is 12.2. The van der Waals surface area contributed by atoms with Gasteiger partial charge in [0.1, 0.15) is 17.2 Å². The van der Waals surface area contributed by atoms with Gasteiger partial charge in [-0.05, 0) is 12.5 Å². The number of benzene rings is 1. The van der Waals surface area contributed by atoms with Crippen LogP contribution < -0.4 is 5.32 Å². The van der Waals surface area contributed by atoms with Crippen molar-refractivity contribution in [2.75, 3.05) is 18.4 Å². The van der Waals surface area contributed by atoms with Gasteiger partial charge < -0.3 is 10.2 Å². The number of likely N-dealkylation sites (N-methyl/N-ethyl adjacent to an activating group) is 1. The van der Waals surface area contributed by atoms with E-state index in [9.17, 15) is 4.79 Å². The molecule has 110 valence electrons. The number of halogens is 1. The lowest BCUT2D eigenvalue weighted by atomic mass is 10.2. The van der Waals surface area contributed by atoms with Gasteiger partial charge >= 0.3 is 0 Å². The first-order chi connectivity index (χ1) is 10.2. The van der Waals surface area contributed by atoms with Crippen LogP contribution in [0.4, 0.5) is 5.82 Å². The summed E-state index contributed by atoms with van der Waals surface area (Å²) < 4.78 is 0. The maximum Gasteiger partial charge on any atom is 0.242 e. The average molecular weight is 305 g/mol. The molecule has 0 aliphatic rings. The lowest BCUT2D eigenvalue weighted by Crippen LogP contribution is -2.35. The molecule has 5 nitrogen and oxygen atoms in total. The van der Waals surface area contributed by atoms with Crippen LogP contribution in [0, 0.1) is 0 Å². The Morgan fingerprint density at radius 1 is 1.33 bits per heavy atom. The molecule has 1 amide bonds. The van der Waals surface area contributed by atoms with Gasteiger partial charge in [-0.25, -0.2) is 9.97 Å². The predicted octanol–water partition coefficient (Wildman–Crippen LogP) is 2.59. The fourth-order valence-corrected chi connectivity index (χ4v) is 2.07. The van der Waals surface area contributed by atoms with E-state index in [-0.39, 0.29) is 12.5 Å². The number of amides is 1. The van der Waals surface area contributed by atoms with Crippen molar-refractivity contribution in [3.05, 3.63) is 53.4 Å². The van der Waals surface area contributed by atoms with Gasteiger partial charge in [0.25, 0.3) is 0 Å². The highest BCUT2D eigenvalue weighted by atomic mass is 35.5. The van der Waals surface area contributed by atoms with E-state index in [4.69, 9.17) is 11.6 Å². The molecule has 1 N–H and O–H groups in total. The molecule has 0 spiro atoms. The molecule has 0 bridgehead atoms. The van der Waals surface area contributed by atoms with E-state index in [0.29, 0.717) is 23.9 Å². The van der Waals surface area contributed by atoms with Crippen molar-refractivity contribution in [2.45, 2.75) is 13.5 Å². The summed E-state index contributed by atoms with van der Waals surface area (Å²) in [5, 5.41) is 3.34. The highest BCUT2D eigenvalue weighted by Crippen LogP contribution is 2.15. The van der Waals surface area contributed by atoms with Crippen molar-refractivity contribution in [3.8, 4) is 0 Å². The molecule has 2 aromatic rings. The largest absolute Gasteiger partial charge is 0.360 e. The third kappa shape index (κ3) is 4.43. The summed E-state index contributed by atoms with van der Waals surface area (Å²) in [5.41, 5.74) is 1.10. The van der Waals surface area contributed by atoms with Crippen molar-refractivity contribution < 1.29 is 4.79 Å². The van der Waals surface area contributed by atoms with Crippen LogP contribution in [-0.4, -0.2) is 33.9 Å². The predicted molar refractivity (Wildman–Crippen MR) is 83.1 cm³/mol. The number of nitrogens with zero attached hydrogens (tertiary/aromatic N) is 3. The molecule has 0 atom stereocenters. The molecule has 1 heterocycles. The number of rotatable bonds is 6. The molecule has 1 aromatic carbocycles. The summed E-state index contributed by atoms with van der Waals surface area (Å²) >= 11 is 5.94. The van der Waals surface area contributed by atoms with Crippen LogP contribution in [0.2, 0.25) is 5.02 Å². The number of aromatic nitrogens is 2. The van der Waals surface area contributed by atoms with Gasteiger partial charge in [-0.2, -0.15) is 0 Å². The topological polar surface area (TPSA) is 58.1 Å². The molecular formula is C15H17ClN4O. The molecule has 1 aromatic heterocycles. The second-order valence-electron chi connectivity index (χ2n) is 4.47. The van der Waals surface area contributed by atoms with E-state index >= 15 is 0 Å². The molecule has 0 saturated carbocycles. The fraction of sp³-hybridized carbons (Fsp3) is 0.267. The molecule has 6 heteroatoms. The zero-order valence-electron chi connectivity index (χ0n) is 11.8. The van der Waals surface area contributed by atoms with Crippen molar-refractivity contribution in [1.29, 1.82) is 0 Å². The minimum absolute atomic E-state index is 0.00367. The fourth-order valence-electron chi connectivity index (χ4n) is 1.89. The molecule has 0 saturated heterocycles. The van der Waals surface area contributed by atoms with Gasteiger partial charge in [0, 0.05) is 13.1 Å². The highest BCUT2D eigenvalue weighted by molar-refractivity contribution is 6.32. The number of nitrogens with one attached hydrogen (secondary N) is 1. The third-order valence-corrected chi connectivity index (χ3v) is 3.30. The van der Waals surface area contributed by atoms with Gasteiger partial charge in [-0.3, -0.25) is 4.79 Å². The second-order valence-corrected chi connectivity index (χ2v) is 4.87. The quantitative estimate of drug-likeness (QED) is 0.891. The SMILES string of the molecule is CCN(Cc1ccccc1)C(=O)CNc1ncncc1Cl. The first-order valence-corrected chi connectivity index (χ1v) is 7.09. The zero-order chi connectivity index (χ0) is 15.1.